The summed E-state index contributed by atoms with van der Waals surface area (Å²) >= 11 is 0. The Morgan fingerprint density at radius 3 is 2.56 bits per heavy atom. The van der Waals surface area contributed by atoms with Crippen molar-refractivity contribution in [1.29, 1.82) is 0 Å². The Labute approximate surface area is 108 Å². The topological polar surface area (TPSA) is 38.1 Å². The van der Waals surface area contributed by atoms with E-state index in [2.05, 4.69) is 49.4 Å². The number of aryl methyl sites for hydroxylation is 2. The van der Waals surface area contributed by atoms with Gasteiger partial charge in [-0.2, -0.15) is 0 Å². The van der Waals surface area contributed by atoms with Gasteiger partial charge in [0.15, 0.2) is 5.76 Å². The molecule has 3 nitrogen and oxygen atoms in total. The Hall–Kier alpha value is -1.61. The van der Waals surface area contributed by atoms with E-state index in [1.54, 1.807) is 6.20 Å². The van der Waals surface area contributed by atoms with Crippen molar-refractivity contribution in [2.45, 2.75) is 33.7 Å². The SMILES string of the molecule is CCCNCc1cnoc1-c1cc(C)cc(C)c1. The van der Waals surface area contributed by atoms with Crippen molar-refractivity contribution in [3.8, 4) is 11.3 Å². The minimum atomic E-state index is 0.805. The van der Waals surface area contributed by atoms with E-state index < -0.39 is 0 Å². The first-order valence-corrected chi connectivity index (χ1v) is 6.43. The second-order valence-electron chi connectivity index (χ2n) is 4.73. The molecule has 0 saturated heterocycles. The standard InChI is InChI=1S/C15H20N2O/c1-4-5-16-9-14-10-17-18-15(14)13-7-11(2)6-12(3)8-13/h6-8,10,16H,4-5,9H2,1-3H3. The van der Waals surface area contributed by atoms with E-state index in [4.69, 9.17) is 4.52 Å². The number of aromatic nitrogens is 1. The first-order chi connectivity index (χ1) is 8.70. The monoisotopic (exact) mass is 244 g/mol. The lowest BCUT2D eigenvalue weighted by atomic mass is 10.0. The molecule has 0 atom stereocenters. The van der Waals surface area contributed by atoms with E-state index in [9.17, 15) is 0 Å². The Morgan fingerprint density at radius 1 is 1.17 bits per heavy atom. The van der Waals surface area contributed by atoms with Crippen molar-refractivity contribution in [3.63, 3.8) is 0 Å². The molecule has 0 fully saturated rings. The maximum atomic E-state index is 5.40. The third kappa shape index (κ3) is 2.99. The number of nitrogens with one attached hydrogen (secondary N) is 1. The van der Waals surface area contributed by atoms with Crippen molar-refractivity contribution < 1.29 is 4.52 Å². The molecule has 0 amide bonds. The van der Waals surface area contributed by atoms with E-state index in [1.807, 2.05) is 0 Å². The number of hydrogen-bond acceptors (Lipinski definition) is 3. The van der Waals surface area contributed by atoms with Crippen molar-refractivity contribution in [1.82, 2.24) is 10.5 Å². The molecule has 1 aromatic carbocycles. The fourth-order valence-corrected chi connectivity index (χ4v) is 2.13. The highest BCUT2D eigenvalue weighted by molar-refractivity contribution is 5.62. The van der Waals surface area contributed by atoms with Crippen molar-refractivity contribution in [2.75, 3.05) is 6.54 Å². The van der Waals surface area contributed by atoms with Crippen LogP contribution in [-0.4, -0.2) is 11.7 Å². The van der Waals surface area contributed by atoms with Crippen molar-refractivity contribution in [2.24, 2.45) is 0 Å². The van der Waals surface area contributed by atoms with Crippen LogP contribution >= 0.6 is 0 Å². The van der Waals surface area contributed by atoms with Gasteiger partial charge in [0.25, 0.3) is 0 Å². The fraction of sp³-hybridized carbons (Fsp3) is 0.400. The molecule has 0 radical (unpaired) electrons. The van der Waals surface area contributed by atoms with Gasteiger partial charge >= 0.3 is 0 Å². The summed E-state index contributed by atoms with van der Waals surface area (Å²) in [6, 6.07) is 6.43. The summed E-state index contributed by atoms with van der Waals surface area (Å²) in [7, 11) is 0. The molecule has 18 heavy (non-hydrogen) atoms. The molecule has 1 N–H and O–H groups in total. The summed E-state index contributed by atoms with van der Waals surface area (Å²) < 4.78 is 5.40. The summed E-state index contributed by atoms with van der Waals surface area (Å²) in [5, 5.41) is 7.30. The summed E-state index contributed by atoms with van der Waals surface area (Å²) in [6.07, 6.45) is 2.93. The van der Waals surface area contributed by atoms with Crippen LogP contribution < -0.4 is 5.32 Å². The Morgan fingerprint density at radius 2 is 1.89 bits per heavy atom. The minimum Gasteiger partial charge on any atom is -0.356 e. The highest BCUT2D eigenvalue weighted by Gasteiger charge is 2.11. The Bertz CT molecular complexity index is 497. The predicted octanol–water partition coefficient (Wildman–Crippen LogP) is 3.46. The number of rotatable bonds is 5. The second kappa shape index (κ2) is 5.83. The molecule has 0 saturated carbocycles. The molecule has 96 valence electrons. The van der Waals surface area contributed by atoms with E-state index in [0.717, 1.165) is 36.4 Å². The van der Waals surface area contributed by atoms with Crippen molar-refractivity contribution >= 4 is 0 Å². The van der Waals surface area contributed by atoms with Crippen LogP contribution in [0.3, 0.4) is 0 Å². The lowest BCUT2D eigenvalue weighted by Gasteiger charge is -2.05. The van der Waals surface area contributed by atoms with Gasteiger partial charge in [0.1, 0.15) is 0 Å². The molecule has 0 bridgehead atoms. The lowest BCUT2D eigenvalue weighted by molar-refractivity contribution is 0.431. The fourth-order valence-electron chi connectivity index (χ4n) is 2.13. The molecule has 2 rings (SSSR count). The van der Waals surface area contributed by atoms with Crippen LogP contribution in [0.5, 0.6) is 0 Å². The van der Waals surface area contributed by atoms with E-state index >= 15 is 0 Å². The normalized spacial score (nSPS) is 10.8. The third-order valence-electron chi connectivity index (χ3n) is 2.87. The molecular weight excluding hydrogens is 224 g/mol. The second-order valence-corrected chi connectivity index (χ2v) is 4.73. The lowest BCUT2D eigenvalue weighted by Crippen LogP contribution is -2.13. The zero-order valence-corrected chi connectivity index (χ0v) is 11.3. The van der Waals surface area contributed by atoms with Gasteiger partial charge in [0, 0.05) is 17.7 Å². The average Bonchev–Trinajstić information content (AvgIpc) is 2.76. The predicted molar refractivity (Wildman–Crippen MR) is 73.4 cm³/mol. The van der Waals surface area contributed by atoms with Crippen LogP contribution in [0.2, 0.25) is 0 Å². The van der Waals surface area contributed by atoms with Gasteiger partial charge in [-0.1, -0.05) is 29.3 Å². The molecule has 1 heterocycles. The maximum absolute atomic E-state index is 5.40. The van der Waals surface area contributed by atoms with Gasteiger partial charge in [-0.3, -0.25) is 0 Å². The van der Waals surface area contributed by atoms with Gasteiger partial charge in [0.05, 0.1) is 6.20 Å². The van der Waals surface area contributed by atoms with Crippen LogP contribution in [0.4, 0.5) is 0 Å². The van der Waals surface area contributed by atoms with Crippen LogP contribution in [-0.2, 0) is 6.54 Å². The molecule has 0 unspecified atom stereocenters. The maximum Gasteiger partial charge on any atom is 0.171 e. The van der Waals surface area contributed by atoms with Crippen molar-refractivity contribution in [3.05, 3.63) is 41.1 Å². The number of nitrogens with zero attached hydrogens (tertiary/aromatic N) is 1. The highest BCUT2D eigenvalue weighted by atomic mass is 16.5. The zero-order valence-electron chi connectivity index (χ0n) is 11.3. The van der Waals surface area contributed by atoms with Gasteiger partial charge in [-0.25, -0.2) is 0 Å². The zero-order chi connectivity index (χ0) is 13.0. The molecule has 0 aliphatic rings. The van der Waals surface area contributed by atoms with Gasteiger partial charge in [-0.05, 0) is 38.9 Å². The first kappa shape index (κ1) is 12.8. The molecule has 1 aromatic heterocycles. The smallest absolute Gasteiger partial charge is 0.171 e. The average molecular weight is 244 g/mol. The summed E-state index contributed by atoms with van der Waals surface area (Å²) in [4.78, 5) is 0. The van der Waals surface area contributed by atoms with Crippen LogP contribution in [0.15, 0.2) is 28.9 Å². The quantitative estimate of drug-likeness (QED) is 0.818. The molecular formula is C15H20N2O. The third-order valence-corrected chi connectivity index (χ3v) is 2.87. The number of hydrogen-bond donors (Lipinski definition) is 1. The van der Waals surface area contributed by atoms with E-state index in [-0.39, 0.29) is 0 Å². The summed E-state index contributed by atoms with van der Waals surface area (Å²) in [5.74, 6) is 0.880. The molecule has 3 heteroatoms. The van der Waals surface area contributed by atoms with Crippen LogP contribution in [0.25, 0.3) is 11.3 Å². The molecule has 0 spiro atoms. The van der Waals surface area contributed by atoms with Crippen LogP contribution in [0.1, 0.15) is 30.0 Å². The van der Waals surface area contributed by atoms with Gasteiger partial charge in [0.2, 0.25) is 0 Å². The van der Waals surface area contributed by atoms with E-state index in [0.29, 0.717) is 0 Å². The Balaban J connectivity index is 2.24. The number of benzene rings is 1. The van der Waals surface area contributed by atoms with E-state index in [1.165, 1.54) is 11.1 Å². The summed E-state index contributed by atoms with van der Waals surface area (Å²) in [5.41, 5.74) is 4.72. The largest absolute Gasteiger partial charge is 0.356 e. The van der Waals surface area contributed by atoms with Gasteiger partial charge < -0.3 is 9.84 Å². The summed E-state index contributed by atoms with van der Waals surface area (Å²) in [6.45, 7) is 8.17. The Kier molecular flexibility index (Phi) is 4.15. The first-order valence-electron chi connectivity index (χ1n) is 6.43. The van der Waals surface area contributed by atoms with Crippen LogP contribution in [0, 0.1) is 13.8 Å². The minimum absolute atomic E-state index is 0.805. The highest BCUT2D eigenvalue weighted by Crippen LogP contribution is 2.25. The molecule has 2 aromatic rings. The molecule has 0 aliphatic carbocycles. The van der Waals surface area contributed by atoms with Gasteiger partial charge in [-0.15, -0.1) is 0 Å². The molecule has 0 aliphatic heterocycles.